The zero-order valence-corrected chi connectivity index (χ0v) is 33.2. The largest absolute Gasteiger partial charge is 0.208 e. The topological polar surface area (TPSA) is 38.7 Å². The van der Waals surface area contributed by atoms with Gasteiger partial charge in [-0.25, -0.2) is 15.0 Å². The van der Waals surface area contributed by atoms with Gasteiger partial charge in [0.1, 0.15) is 0 Å². The molecule has 0 atom stereocenters. The first-order chi connectivity index (χ1) is 30.3. The van der Waals surface area contributed by atoms with Gasteiger partial charge >= 0.3 is 0 Å². The highest BCUT2D eigenvalue weighted by Crippen LogP contribution is 2.64. The fraction of sp³-hybridized carbons (Fsp3) is 0.0172. The molecule has 1 spiro atoms. The van der Waals surface area contributed by atoms with E-state index in [0.29, 0.717) is 17.5 Å². The van der Waals surface area contributed by atoms with Crippen LogP contribution >= 0.6 is 0 Å². The normalized spacial score (nSPS) is 12.7. The van der Waals surface area contributed by atoms with E-state index in [0.717, 1.165) is 38.9 Å². The van der Waals surface area contributed by atoms with Gasteiger partial charge < -0.3 is 0 Å². The third kappa shape index (κ3) is 5.48. The van der Waals surface area contributed by atoms with E-state index < -0.39 is 5.41 Å². The maximum Gasteiger partial charge on any atom is 0.164 e. The SMILES string of the molecule is c1ccc(-c2nc(-c3ccc(-c4ccc(-c5cccc6c5C5(c7ccccc7-c7ccccc75)c5ccccc5-6)cc4)cc3)nc(-c3ccccc3-c3ccccc3)n2)cc1. The van der Waals surface area contributed by atoms with Crippen LogP contribution in [0.5, 0.6) is 0 Å². The molecule has 9 aromatic carbocycles. The van der Waals surface area contributed by atoms with E-state index in [1.807, 2.05) is 42.5 Å². The van der Waals surface area contributed by atoms with E-state index in [4.69, 9.17) is 15.0 Å². The van der Waals surface area contributed by atoms with Crippen LogP contribution in [0.1, 0.15) is 22.3 Å². The fourth-order valence-electron chi connectivity index (χ4n) is 9.94. The van der Waals surface area contributed by atoms with Crippen molar-refractivity contribution >= 4 is 0 Å². The van der Waals surface area contributed by atoms with Crippen LogP contribution in [0.3, 0.4) is 0 Å². The minimum atomic E-state index is -0.400. The molecule has 61 heavy (non-hydrogen) atoms. The van der Waals surface area contributed by atoms with Crippen molar-refractivity contribution in [3.8, 4) is 89.8 Å². The summed E-state index contributed by atoms with van der Waals surface area (Å²) in [5.41, 5.74) is 20.1. The summed E-state index contributed by atoms with van der Waals surface area (Å²) in [5, 5.41) is 0. The first-order valence-corrected chi connectivity index (χ1v) is 20.9. The lowest BCUT2D eigenvalue weighted by Gasteiger charge is -2.32. The number of nitrogens with zero attached hydrogens (tertiary/aromatic N) is 3. The molecular formula is C58H37N3. The summed E-state index contributed by atoms with van der Waals surface area (Å²) in [5.74, 6) is 1.92. The van der Waals surface area contributed by atoms with Crippen LogP contribution in [0, 0.1) is 0 Å². The highest BCUT2D eigenvalue weighted by molar-refractivity contribution is 5.98. The smallest absolute Gasteiger partial charge is 0.164 e. The molecule has 3 heteroatoms. The Morgan fingerprint density at radius 1 is 0.213 bits per heavy atom. The molecule has 284 valence electrons. The standard InChI is InChI=1S/C58H37N3/c1-3-16-40(17-4-1)44-20-7-8-24-50(44)57-60-55(42-18-5-2-6-19-42)59-56(61-57)43-36-32-39(33-37-43)38-30-34-41(35-31-38)45-25-15-26-49-48-23-11-14-29-53(48)58(54(45)49)51-27-12-9-21-46(51)47-22-10-13-28-52(47)58/h1-37H. The summed E-state index contributed by atoms with van der Waals surface area (Å²) in [6.45, 7) is 0. The second-order valence-electron chi connectivity index (χ2n) is 15.9. The lowest BCUT2D eigenvalue weighted by atomic mass is 9.68. The van der Waals surface area contributed by atoms with Gasteiger partial charge in [-0.2, -0.15) is 0 Å². The zero-order valence-electron chi connectivity index (χ0n) is 33.2. The first kappa shape index (κ1) is 35.0. The Bertz CT molecular complexity index is 3220. The molecule has 0 radical (unpaired) electrons. The maximum absolute atomic E-state index is 5.11. The third-order valence-corrected chi connectivity index (χ3v) is 12.6. The number of hydrogen-bond donors (Lipinski definition) is 0. The third-order valence-electron chi connectivity index (χ3n) is 12.6. The summed E-state index contributed by atoms with van der Waals surface area (Å²) >= 11 is 0. The van der Waals surface area contributed by atoms with Crippen molar-refractivity contribution in [3.05, 3.63) is 247 Å². The molecule has 0 N–H and O–H groups in total. The van der Waals surface area contributed by atoms with Crippen LogP contribution in [0.15, 0.2) is 224 Å². The average Bonchev–Trinajstić information content (AvgIpc) is 3.82. The predicted molar refractivity (Wildman–Crippen MR) is 249 cm³/mol. The molecule has 2 aliphatic carbocycles. The lowest BCUT2D eigenvalue weighted by molar-refractivity contribution is 0.796. The second kappa shape index (κ2) is 14.1. The van der Waals surface area contributed by atoms with Gasteiger partial charge in [0, 0.05) is 16.7 Å². The molecule has 1 aromatic heterocycles. The molecule has 10 aromatic rings. The molecule has 0 saturated carbocycles. The number of fused-ring (bicyclic) bond motifs is 10. The van der Waals surface area contributed by atoms with E-state index in [1.54, 1.807) is 0 Å². The molecule has 3 nitrogen and oxygen atoms in total. The van der Waals surface area contributed by atoms with E-state index in [-0.39, 0.29) is 0 Å². The van der Waals surface area contributed by atoms with Crippen molar-refractivity contribution < 1.29 is 0 Å². The molecule has 1 heterocycles. The van der Waals surface area contributed by atoms with Gasteiger partial charge in [-0.1, -0.05) is 224 Å². The number of aromatic nitrogens is 3. The molecule has 2 aliphatic rings. The summed E-state index contributed by atoms with van der Waals surface area (Å²) in [6, 6.07) is 80.4. The Hall–Kier alpha value is -8.01. The summed E-state index contributed by atoms with van der Waals surface area (Å²) in [4.78, 5) is 15.2. The van der Waals surface area contributed by atoms with Gasteiger partial charge in [0.15, 0.2) is 17.5 Å². The van der Waals surface area contributed by atoms with E-state index in [2.05, 4.69) is 182 Å². The van der Waals surface area contributed by atoms with Crippen LogP contribution in [-0.2, 0) is 5.41 Å². The van der Waals surface area contributed by atoms with Gasteiger partial charge in [-0.05, 0) is 77.9 Å². The number of rotatable bonds is 6. The highest BCUT2D eigenvalue weighted by atomic mass is 15.0. The maximum atomic E-state index is 5.11. The van der Waals surface area contributed by atoms with E-state index in [1.165, 1.54) is 55.6 Å². The van der Waals surface area contributed by atoms with Crippen molar-refractivity contribution in [2.75, 3.05) is 0 Å². The molecule has 12 rings (SSSR count). The van der Waals surface area contributed by atoms with Crippen LogP contribution in [0.2, 0.25) is 0 Å². The van der Waals surface area contributed by atoms with Crippen molar-refractivity contribution in [2.45, 2.75) is 5.41 Å². The molecule has 0 aliphatic heterocycles. The van der Waals surface area contributed by atoms with E-state index >= 15 is 0 Å². The monoisotopic (exact) mass is 775 g/mol. The van der Waals surface area contributed by atoms with Gasteiger partial charge in [0.05, 0.1) is 5.41 Å². The molecule has 0 fully saturated rings. The molecule has 0 unspecified atom stereocenters. The van der Waals surface area contributed by atoms with Crippen LogP contribution in [0.25, 0.3) is 89.8 Å². The van der Waals surface area contributed by atoms with E-state index in [9.17, 15) is 0 Å². The molecule has 0 amide bonds. The number of hydrogen-bond acceptors (Lipinski definition) is 3. The van der Waals surface area contributed by atoms with Gasteiger partial charge in [0.2, 0.25) is 0 Å². The van der Waals surface area contributed by atoms with Gasteiger partial charge in [-0.15, -0.1) is 0 Å². The Kier molecular flexibility index (Phi) is 8.07. The number of benzene rings is 9. The Morgan fingerprint density at radius 2 is 0.557 bits per heavy atom. The first-order valence-electron chi connectivity index (χ1n) is 20.9. The average molecular weight is 776 g/mol. The van der Waals surface area contributed by atoms with Crippen molar-refractivity contribution in [3.63, 3.8) is 0 Å². The van der Waals surface area contributed by atoms with Crippen molar-refractivity contribution in [1.29, 1.82) is 0 Å². The predicted octanol–water partition coefficient (Wildman–Crippen LogP) is 14.2. The second-order valence-corrected chi connectivity index (χ2v) is 15.9. The molecule has 0 bridgehead atoms. The Morgan fingerprint density at radius 3 is 1.11 bits per heavy atom. The van der Waals surface area contributed by atoms with Crippen molar-refractivity contribution in [1.82, 2.24) is 15.0 Å². The summed E-state index contributed by atoms with van der Waals surface area (Å²) in [6.07, 6.45) is 0. The highest BCUT2D eigenvalue weighted by Gasteiger charge is 2.52. The Labute approximate surface area is 355 Å². The minimum Gasteiger partial charge on any atom is -0.208 e. The summed E-state index contributed by atoms with van der Waals surface area (Å²) in [7, 11) is 0. The zero-order chi connectivity index (χ0) is 40.3. The van der Waals surface area contributed by atoms with Crippen LogP contribution in [-0.4, -0.2) is 15.0 Å². The quantitative estimate of drug-likeness (QED) is 0.169. The van der Waals surface area contributed by atoms with Crippen LogP contribution < -0.4 is 0 Å². The lowest BCUT2D eigenvalue weighted by Crippen LogP contribution is -2.26. The summed E-state index contributed by atoms with van der Waals surface area (Å²) < 4.78 is 0. The Balaban J connectivity index is 0.927. The van der Waals surface area contributed by atoms with Crippen molar-refractivity contribution in [2.24, 2.45) is 0 Å². The minimum absolute atomic E-state index is 0.400. The van der Waals surface area contributed by atoms with Crippen LogP contribution in [0.4, 0.5) is 0 Å². The van der Waals surface area contributed by atoms with Gasteiger partial charge in [-0.3, -0.25) is 0 Å². The molecular weight excluding hydrogens is 739 g/mol. The molecule has 0 saturated heterocycles. The van der Waals surface area contributed by atoms with Gasteiger partial charge in [0.25, 0.3) is 0 Å². The fourth-order valence-corrected chi connectivity index (χ4v) is 9.94.